The van der Waals surface area contributed by atoms with Crippen molar-refractivity contribution in [3.63, 3.8) is 0 Å². The van der Waals surface area contributed by atoms with Gasteiger partial charge in [0.1, 0.15) is 0 Å². The van der Waals surface area contributed by atoms with Crippen LogP contribution in [0.3, 0.4) is 0 Å². The number of nitrogens with zero attached hydrogens (tertiary/aromatic N) is 3. The summed E-state index contributed by atoms with van der Waals surface area (Å²) in [5.74, 6) is 0. The molecule has 2 aromatic heterocycles. The van der Waals surface area contributed by atoms with Gasteiger partial charge in [0, 0.05) is 49.0 Å². The van der Waals surface area contributed by atoms with Crippen molar-refractivity contribution in [2.24, 2.45) is 0 Å². The normalized spacial score (nSPS) is 14.9. The fraction of sp³-hybridized carbons (Fsp3) is 0.350. The Kier molecular flexibility index (Phi) is 4.48. The highest BCUT2D eigenvalue weighted by molar-refractivity contribution is 6.45. The maximum absolute atomic E-state index is 6.58. The van der Waals surface area contributed by atoms with E-state index in [1.165, 1.54) is 22.3 Å². The van der Waals surface area contributed by atoms with E-state index in [4.69, 9.17) is 23.2 Å². The topological polar surface area (TPSA) is 21.1 Å². The molecule has 130 valence electrons. The predicted molar refractivity (Wildman–Crippen MR) is 105 cm³/mol. The lowest BCUT2D eigenvalue weighted by Gasteiger charge is -2.24. The molecular formula is C20H21Cl2N3. The number of aryl methyl sites for hydroxylation is 3. The van der Waals surface area contributed by atoms with E-state index in [2.05, 4.69) is 39.7 Å². The van der Waals surface area contributed by atoms with Gasteiger partial charge in [0.2, 0.25) is 0 Å². The summed E-state index contributed by atoms with van der Waals surface area (Å²) in [5, 5.41) is 2.43. The van der Waals surface area contributed by atoms with Crippen molar-refractivity contribution in [1.82, 2.24) is 14.5 Å². The van der Waals surface area contributed by atoms with E-state index in [1.54, 1.807) is 0 Å². The monoisotopic (exact) mass is 373 g/mol. The van der Waals surface area contributed by atoms with E-state index in [0.29, 0.717) is 10.0 Å². The summed E-state index contributed by atoms with van der Waals surface area (Å²) in [7, 11) is 2.16. The van der Waals surface area contributed by atoms with Crippen molar-refractivity contribution in [3.05, 3.63) is 63.0 Å². The van der Waals surface area contributed by atoms with Gasteiger partial charge in [-0.2, -0.15) is 0 Å². The lowest BCUT2D eigenvalue weighted by Crippen LogP contribution is -2.27. The zero-order chi connectivity index (χ0) is 17.6. The first-order valence-corrected chi connectivity index (χ1v) is 9.38. The molecule has 3 aromatic rings. The number of fused-ring (bicyclic) bond motifs is 3. The highest BCUT2D eigenvalue weighted by atomic mass is 35.5. The van der Waals surface area contributed by atoms with E-state index in [1.807, 2.05) is 19.2 Å². The quantitative estimate of drug-likeness (QED) is 0.651. The predicted octanol–water partition coefficient (Wildman–Crippen LogP) is 4.88. The second-order valence-corrected chi connectivity index (χ2v) is 7.66. The third kappa shape index (κ3) is 3.05. The number of rotatable bonds is 3. The Morgan fingerprint density at radius 1 is 1.16 bits per heavy atom. The van der Waals surface area contributed by atoms with Gasteiger partial charge in [0.15, 0.2) is 0 Å². The second kappa shape index (κ2) is 6.64. The molecule has 4 rings (SSSR count). The summed E-state index contributed by atoms with van der Waals surface area (Å²) >= 11 is 12.9. The van der Waals surface area contributed by atoms with Crippen molar-refractivity contribution in [1.29, 1.82) is 0 Å². The molecule has 0 aliphatic carbocycles. The molecule has 1 aliphatic rings. The number of pyridine rings is 1. The molecule has 3 nitrogen and oxygen atoms in total. The van der Waals surface area contributed by atoms with Gasteiger partial charge in [-0.05, 0) is 49.7 Å². The van der Waals surface area contributed by atoms with E-state index in [0.717, 1.165) is 43.6 Å². The van der Waals surface area contributed by atoms with Crippen LogP contribution in [0.5, 0.6) is 0 Å². The first kappa shape index (κ1) is 16.9. The zero-order valence-corrected chi connectivity index (χ0v) is 16.0. The smallest absolute Gasteiger partial charge is 0.0689 e. The maximum atomic E-state index is 6.58. The summed E-state index contributed by atoms with van der Waals surface area (Å²) in [5.41, 5.74) is 6.23. The minimum absolute atomic E-state index is 0.630. The molecular weight excluding hydrogens is 353 g/mol. The standard InChI is InChI=1S/C20H21Cl2N3/c1-13-3-4-14(11-23-13)7-10-25-17-8-9-24(2)12-15(17)19-18(25)6-5-16(21)20(19)22/h3-6,11H,7-10,12H2,1-2H3. The van der Waals surface area contributed by atoms with Crippen LogP contribution in [-0.4, -0.2) is 28.0 Å². The number of benzene rings is 1. The first-order valence-electron chi connectivity index (χ1n) is 8.62. The van der Waals surface area contributed by atoms with Crippen LogP contribution < -0.4 is 0 Å². The van der Waals surface area contributed by atoms with Crippen molar-refractivity contribution >= 4 is 34.1 Å². The average Bonchev–Trinajstić information content (AvgIpc) is 2.91. The summed E-state index contributed by atoms with van der Waals surface area (Å²) in [6, 6.07) is 8.25. The molecule has 3 heterocycles. The maximum Gasteiger partial charge on any atom is 0.0689 e. The van der Waals surface area contributed by atoms with Gasteiger partial charge in [-0.25, -0.2) is 0 Å². The van der Waals surface area contributed by atoms with Gasteiger partial charge >= 0.3 is 0 Å². The van der Waals surface area contributed by atoms with Crippen LogP contribution in [0.4, 0.5) is 0 Å². The number of aromatic nitrogens is 2. The lowest BCUT2D eigenvalue weighted by molar-refractivity contribution is 0.309. The SMILES string of the molecule is Cc1ccc(CCn2c3c(c4c(Cl)c(Cl)ccc42)CN(C)CC3)cn1. The Bertz CT molecular complexity index is 929. The second-order valence-electron chi connectivity index (χ2n) is 6.88. The van der Waals surface area contributed by atoms with Crippen LogP contribution in [0, 0.1) is 6.92 Å². The number of hydrogen-bond donors (Lipinski definition) is 0. The van der Waals surface area contributed by atoms with E-state index in [-0.39, 0.29) is 0 Å². The lowest BCUT2D eigenvalue weighted by atomic mass is 10.0. The number of hydrogen-bond acceptors (Lipinski definition) is 2. The van der Waals surface area contributed by atoms with Crippen LogP contribution in [0.2, 0.25) is 10.0 Å². The highest BCUT2D eigenvalue weighted by Gasteiger charge is 2.24. The Morgan fingerprint density at radius 3 is 2.76 bits per heavy atom. The molecule has 0 saturated heterocycles. The molecule has 0 saturated carbocycles. The summed E-state index contributed by atoms with van der Waals surface area (Å²) < 4.78 is 2.43. The minimum Gasteiger partial charge on any atom is -0.344 e. The average molecular weight is 374 g/mol. The van der Waals surface area contributed by atoms with Crippen LogP contribution in [-0.2, 0) is 25.9 Å². The molecule has 0 atom stereocenters. The molecule has 25 heavy (non-hydrogen) atoms. The van der Waals surface area contributed by atoms with Crippen molar-refractivity contribution in [2.45, 2.75) is 32.9 Å². The first-order chi connectivity index (χ1) is 12.0. The fourth-order valence-electron chi connectivity index (χ4n) is 3.75. The van der Waals surface area contributed by atoms with Gasteiger partial charge in [-0.1, -0.05) is 29.3 Å². The summed E-state index contributed by atoms with van der Waals surface area (Å²) in [6.45, 7) is 4.94. The number of halogens is 2. The molecule has 0 fully saturated rings. The third-order valence-electron chi connectivity index (χ3n) is 5.09. The van der Waals surface area contributed by atoms with Gasteiger partial charge in [0.25, 0.3) is 0 Å². The van der Waals surface area contributed by atoms with Crippen molar-refractivity contribution in [3.8, 4) is 0 Å². The molecule has 0 spiro atoms. The van der Waals surface area contributed by atoms with Gasteiger partial charge in [0.05, 0.1) is 15.6 Å². The van der Waals surface area contributed by atoms with Crippen LogP contribution >= 0.6 is 23.2 Å². The summed E-state index contributed by atoms with van der Waals surface area (Å²) in [6.07, 6.45) is 3.98. The Balaban J connectivity index is 1.77. The summed E-state index contributed by atoms with van der Waals surface area (Å²) in [4.78, 5) is 6.75. The molecule has 0 amide bonds. The van der Waals surface area contributed by atoms with E-state index >= 15 is 0 Å². The largest absolute Gasteiger partial charge is 0.344 e. The molecule has 0 bridgehead atoms. The van der Waals surface area contributed by atoms with Gasteiger partial charge in [-0.3, -0.25) is 4.98 Å². The molecule has 0 radical (unpaired) electrons. The zero-order valence-electron chi connectivity index (χ0n) is 14.5. The minimum atomic E-state index is 0.630. The van der Waals surface area contributed by atoms with Crippen LogP contribution in [0.1, 0.15) is 22.5 Å². The van der Waals surface area contributed by atoms with Crippen LogP contribution in [0.25, 0.3) is 10.9 Å². The molecule has 5 heteroatoms. The van der Waals surface area contributed by atoms with E-state index in [9.17, 15) is 0 Å². The van der Waals surface area contributed by atoms with Crippen LogP contribution in [0.15, 0.2) is 30.5 Å². The van der Waals surface area contributed by atoms with E-state index < -0.39 is 0 Å². The molecule has 1 aliphatic heterocycles. The fourth-order valence-corrected chi connectivity index (χ4v) is 4.18. The Hall–Kier alpha value is -1.55. The Labute approximate surface area is 158 Å². The molecule has 1 aromatic carbocycles. The number of likely N-dealkylation sites (N-methyl/N-ethyl adjacent to an activating group) is 1. The highest BCUT2D eigenvalue weighted by Crippen LogP contribution is 2.38. The molecule has 0 N–H and O–H groups in total. The molecule has 0 unspecified atom stereocenters. The van der Waals surface area contributed by atoms with Gasteiger partial charge < -0.3 is 9.47 Å². The Morgan fingerprint density at radius 2 is 2.00 bits per heavy atom. The van der Waals surface area contributed by atoms with Crippen molar-refractivity contribution in [2.75, 3.05) is 13.6 Å². The van der Waals surface area contributed by atoms with Crippen molar-refractivity contribution < 1.29 is 0 Å². The third-order valence-corrected chi connectivity index (χ3v) is 5.90. The van der Waals surface area contributed by atoms with Gasteiger partial charge in [-0.15, -0.1) is 0 Å².